The van der Waals surface area contributed by atoms with Gasteiger partial charge in [0.05, 0.1) is 12.2 Å². The molecule has 2 amide bonds. The largest absolute Gasteiger partial charge is 0.479 e. The predicted octanol–water partition coefficient (Wildman–Crippen LogP) is 1.59. The van der Waals surface area contributed by atoms with Crippen LogP contribution in [0, 0.1) is 0 Å². The number of aromatic nitrogens is 2. The Labute approximate surface area is 146 Å². The highest BCUT2D eigenvalue weighted by Crippen LogP contribution is 2.33. The van der Waals surface area contributed by atoms with Gasteiger partial charge in [0.2, 0.25) is 5.91 Å². The Balaban J connectivity index is 1.57. The minimum absolute atomic E-state index is 0.0426. The fourth-order valence-electron chi connectivity index (χ4n) is 2.88. The molecule has 25 heavy (non-hydrogen) atoms. The van der Waals surface area contributed by atoms with E-state index in [4.69, 9.17) is 4.74 Å². The van der Waals surface area contributed by atoms with Crippen molar-refractivity contribution >= 4 is 17.5 Å². The van der Waals surface area contributed by atoms with Gasteiger partial charge in [0, 0.05) is 31.4 Å². The zero-order chi connectivity index (χ0) is 17.8. The zero-order valence-electron chi connectivity index (χ0n) is 14.4. The molecule has 7 heteroatoms. The van der Waals surface area contributed by atoms with Crippen molar-refractivity contribution in [3.05, 3.63) is 42.7 Å². The highest BCUT2D eigenvalue weighted by molar-refractivity contribution is 6.00. The molecule has 0 aliphatic carbocycles. The Morgan fingerprint density at radius 2 is 2.16 bits per heavy atom. The number of ether oxygens (including phenoxy) is 1. The number of benzene rings is 1. The van der Waals surface area contributed by atoms with Crippen LogP contribution in [0.4, 0.5) is 5.69 Å². The first-order valence-electron chi connectivity index (χ1n) is 8.38. The molecule has 0 fully saturated rings. The molecule has 0 saturated heterocycles. The summed E-state index contributed by atoms with van der Waals surface area (Å²) >= 11 is 0. The van der Waals surface area contributed by atoms with Crippen molar-refractivity contribution in [2.45, 2.75) is 39.0 Å². The molecule has 1 aromatic heterocycles. The minimum Gasteiger partial charge on any atom is -0.479 e. The van der Waals surface area contributed by atoms with Gasteiger partial charge in [0.25, 0.3) is 5.91 Å². The second kappa shape index (κ2) is 7.38. The summed E-state index contributed by atoms with van der Waals surface area (Å²) < 4.78 is 7.38. The second-order valence-corrected chi connectivity index (χ2v) is 6.16. The van der Waals surface area contributed by atoms with Gasteiger partial charge < -0.3 is 15.0 Å². The third kappa shape index (κ3) is 3.99. The first kappa shape index (κ1) is 17.0. The van der Waals surface area contributed by atoms with Gasteiger partial charge >= 0.3 is 0 Å². The molecule has 0 bridgehead atoms. The van der Waals surface area contributed by atoms with Crippen LogP contribution in [0.5, 0.6) is 5.75 Å². The number of nitrogens with one attached hydrogen (secondary N) is 1. The summed E-state index contributed by atoms with van der Waals surface area (Å²) in [5.41, 5.74) is 0.711. The van der Waals surface area contributed by atoms with E-state index in [9.17, 15) is 9.59 Å². The van der Waals surface area contributed by atoms with Crippen molar-refractivity contribution < 1.29 is 14.3 Å². The van der Waals surface area contributed by atoms with Crippen molar-refractivity contribution in [2.24, 2.45) is 0 Å². The van der Waals surface area contributed by atoms with Gasteiger partial charge in [-0.25, -0.2) is 0 Å². The smallest absolute Gasteiger partial charge is 0.267 e. The molecule has 1 aromatic carbocycles. The van der Waals surface area contributed by atoms with Crippen molar-refractivity contribution in [2.75, 3.05) is 11.4 Å². The van der Waals surface area contributed by atoms with E-state index < -0.39 is 6.10 Å². The van der Waals surface area contributed by atoms with Crippen LogP contribution in [0.3, 0.4) is 0 Å². The van der Waals surface area contributed by atoms with Crippen LogP contribution in [-0.4, -0.2) is 40.3 Å². The number of carbonyl (C=O) groups excluding carboxylic acids is 2. The molecule has 2 heterocycles. The van der Waals surface area contributed by atoms with E-state index in [0.717, 1.165) is 0 Å². The van der Waals surface area contributed by atoms with E-state index in [1.54, 1.807) is 22.7 Å². The molecule has 2 unspecified atom stereocenters. The topological polar surface area (TPSA) is 76.5 Å². The predicted molar refractivity (Wildman–Crippen MR) is 93.3 cm³/mol. The molecule has 2 aromatic rings. The first-order valence-corrected chi connectivity index (χ1v) is 8.38. The minimum atomic E-state index is -0.545. The van der Waals surface area contributed by atoms with Crippen LogP contribution in [0.2, 0.25) is 0 Å². The summed E-state index contributed by atoms with van der Waals surface area (Å²) in [4.78, 5) is 26.2. The Morgan fingerprint density at radius 3 is 2.92 bits per heavy atom. The van der Waals surface area contributed by atoms with Gasteiger partial charge in [0.1, 0.15) is 5.75 Å². The molecule has 132 valence electrons. The quantitative estimate of drug-likeness (QED) is 0.865. The summed E-state index contributed by atoms with van der Waals surface area (Å²) in [6.45, 7) is 4.58. The normalized spacial score (nSPS) is 17.6. The standard InChI is InChI=1S/C18H22N4O3/c1-13(12-21-10-5-9-19-21)20-17(23)8-11-22-15-6-3-4-7-16(15)25-14(2)18(22)24/h3-7,9-10,13-14H,8,11-12H2,1-2H3,(H,20,23). The Hall–Kier alpha value is -2.83. The van der Waals surface area contributed by atoms with Crippen LogP contribution in [0.1, 0.15) is 20.3 Å². The average molecular weight is 342 g/mol. The summed E-state index contributed by atoms with van der Waals surface area (Å²) in [6, 6.07) is 9.18. The molecule has 0 saturated carbocycles. The highest BCUT2D eigenvalue weighted by atomic mass is 16.5. The van der Waals surface area contributed by atoms with Crippen molar-refractivity contribution in [1.82, 2.24) is 15.1 Å². The maximum absolute atomic E-state index is 12.4. The number of carbonyl (C=O) groups is 2. The lowest BCUT2D eigenvalue weighted by atomic mass is 10.1. The van der Waals surface area contributed by atoms with Gasteiger partial charge in [-0.2, -0.15) is 5.10 Å². The molecule has 1 N–H and O–H groups in total. The lowest BCUT2D eigenvalue weighted by molar-refractivity contribution is -0.125. The molecule has 2 atom stereocenters. The SMILES string of the molecule is CC(Cn1cccn1)NC(=O)CCN1C(=O)C(C)Oc2ccccc21. The van der Waals surface area contributed by atoms with Crippen LogP contribution in [-0.2, 0) is 16.1 Å². The molecular formula is C18H22N4O3. The second-order valence-electron chi connectivity index (χ2n) is 6.16. The number of fused-ring (bicyclic) bond motifs is 1. The van der Waals surface area contributed by atoms with Gasteiger partial charge in [-0.05, 0) is 32.0 Å². The van der Waals surface area contributed by atoms with Crippen molar-refractivity contribution in [1.29, 1.82) is 0 Å². The lowest BCUT2D eigenvalue weighted by Gasteiger charge is -2.32. The van der Waals surface area contributed by atoms with Crippen LogP contribution >= 0.6 is 0 Å². The molecule has 0 spiro atoms. The summed E-state index contributed by atoms with van der Waals surface area (Å²) in [5.74, 6) is 0.447. The first-order chi connectivity index (χ1) is 12.0. The number of para-hydroxylation sites is 2. The van der Waals surface area contributed by atoms with Crippen molar-refractivity contribution in [3.8, 4) is 5.75 Å². The number of anilines is 1. The Kier molecular flexibility index (Phi) is 5.02. The molecule has 0 radical (unpaired) electrons. The average Bonchev–Trinajstić information content (AvgIpc) is 3.08. The summed E-state index contributed by atoms with van der Waals surface area (Å²) in [5, 5.41) is 7.06. The third-order valence-corrected chi connectivity index (χ3v) is 4.06. The summed E-state index contributed by atoms with van der Waals surface area (Å²) in [7, 11) is 0. The maximum atomic E-state index is 12.4. The van der Waals surface area contributed by atoms with Crippen LogP contribution in [0.25, 0.3) is 0 Å². The molecule has 1 aliphatic rings. The van der Waals surface area contributed by atoms with Gasteiger partial charge in [-0.3, -0.25) is 14.3 Å². The molecule has 7 nitrogen and oxygen atoms in total. The number of amides is 2. The monoisotopic (exact) mass is 342 g/mol. The summed E-state index contributed by atoms with van der Waals surface area (Å²) in [6.07, 6.45) is 3.25. The Bertz CT molecular complexity index is 745. The number of hydrogen-bond donors (Lipinski definition) is 1. The fraction of sp³-hybridized carbons (Fsp3) is 0.389. The molecule has 1 aliphatic heterocycles. The number of rotatable bonds is 6. The zero-order valence-corrected chi connectivity index (χ0v) is 14.4. The maximum Gasteiger partial charge on any atom is 0.267 e. The molecular weight excluding hydrogens is 320 g/mol. The highest BCUT2D eigenvalue weighted by Gasteiger charge is 2.31. The third-order valence-electron chi connectivity index (χ3n) is 4.06. The van der Waals surface area contributed by atoms with Crippen LogP contribution in [0.15, 0.2) is 42.7 Å². The number of hydrogen-bond acceptors (Lipinski definition) is 4. The molecule has 3 rings (SSSR count). The van der Waals surface area contributed by atoms with E-state index in [1.807, 2.05) is 43.5 Å². The van der Waals surface area contributed by atoms with E-state index in [2.05, 4.69) is 10.4 Å². The fourth-order valence-corrected chi connectivity index (χ4v) is 2.88. The van der Waals surface area contributed by atoms with Gasteiger partial charge in [-0.1, -0.05) is 12.1 Å². The van der Waals surface area contributed by atoms with Crippen LogP contribution < -0.4 is 15.0 Å². The van der Waals surface area contributed by atoms with E-state index in [1.165, 1.54) is 0 Å². The lowest BCUT2D eigenvalue weighted by Crippen LogP contribution is -2.46. The van der Waals surface area contributed by atoms with Gasteiger partial charge in [-0.15, -0.1) is 0 Å². The van der Waals surface area contributed by atoms with E-state index >= 15 is 0 Å². The Morgan fingerprint density at radius 1 is 1.36 bits per heavy atom. The van der Waals surface area contributed by atoms with E-state index in [0.29, 0.717) is 24.5 Å². The van der Waals surface area contributed by atoms with E-state index in [-0.39, 0.29) is 24.3 Å². The van der Waals surface area contributed by atoms with Crippen molar-refractivity contribution in [3.63, 3.8) is 0 Å². The van der Waals surface area contributed by atoms with Gasteiger partial charge in [0.15, 0.2) is 6.10 Å². The number of nitrogens with zero attached hydrogens (tertiary/aromatic N) is 3.